The number of para-hydroxylation sites is 1. The summed E-state index contributed by atoms with van der Waals surface area (Å²) in [5.74, 6) is 0.551. The third kappa shape index (κ3) is 2.01. The Balaban J connectivity index is 1.75. The molecule has 1 aliphatic heterocycles. The predicted molar refractivity (Wildman–Crippen MR) is 65.7 cm³/mol. The van der Waals surface area contributed by atoms with Crippen LogP contribution in [0.1, 0.15) is 6.42 Å². The van der Waals surface area contributed by atoms with Crippen molar-refractivity contribution in [2.24, 2.45) is 5.92 Å². The van der Waals surface area contributed by atoms with Gasteiger partial charge in [0.1, 0.15) is 0 Å². The minimum atomic E-state index is 0.0681. The van der Waals surface area contributed by atoms with E-state index in [4.69, 9.17) is 0 Å². The molecule has 88 valence electrons. The molecule has 1 fully saturated rings. The van der Waals surface area contributed by atoms with Crippen LogP contribution in [0.4, 0.5) is 5.69 Å². The maximum absolute atomic E-state index is 11.8. The molecule has 3 rings (SSSR count). The molecule has 0 saturated carbocycles. The zero-order valence-corrected chi connectivity index (χ0v) is 9.36. The largest absolute Gasteiger partial charge is 0.324 e. The number of H-pyrrole nitrogens is 1. The van der Waals surface area contributed by atoms with Crippen LogP contribution < -0.4 is 10.6 Å². The lowest BCUT2D eigenvalue weighted by Gasteiger charge is -2.26. The Morgan fingerprint density at radius 1 is 1.47 bits per heavy atom. The third-order valence-corrected chi connectivity index (χ3v) is 3.09. The van der Waals surface area contributed by atoms with E-state index in [0.29, 0.717) is 12.3 Å². The highest BCUT2D eigenvalue weighted by molar-refractivity contribution is 6.00. The monoisotopic (exact) mass is 230 g/mol. The maximum atomic E-state index is 11.8. The van der Waals surface area contributed by atoms with E-state index in [0.717, 1.165) is 29.7 Å². The molecule has 2 aromatic rings. The molecular weight excluding hydrogens is 216 g/mol. The molecule has 0 spiro atoms. The highest BCUT2D eigenvalue weighted by Gasteiger charge is 2.20. The van der Waals surface area contributed by atoms with Gasteiger partial charge >= 0.3 is 0 Å². The van der Waals surface area contributed by atoms with Crippen LogP contribution in [0.25, 0.3) is 10.9 Å². The van der Waals surface area contributed by atoms with Gasteiger partial charge in [0.15, 0.2) is 0 Å². The lowest BCUT2D eigenvalue weighted by molar-refractivity contribution is -0.117. The lowest BCUT2D eigenvalue weighted by Crippen LogP contribution is -2.43. The summed E-state index contributed by atoms with van der Waals surface area (Å²) < 4.78 is 0. The Hall–Kier alpha value is -1.88. The number of aromatic nitrogens is 2. The normalized spacial score (nSPS) is 15.8. The summed E-state index contributed by atoms with van der Waals surface area (Å²) in [4.78, 5) is 11.8. The molecule has 0 bridgehead atoms. The number of amides is 1. The second kappa shape index (κ2) is 4.18. The molecule has 0 radical (unpaired) electrons. The highest BCUT2D eigenvalue weighted by Crippen LogP contribution is 2.21. The molecular formula is C12H14N4O. The zero-order valence-electron chi connectivity index (χ0n) is 9.36. The number of nitrogens with one attached hydrogen (secondary N) is 3. The quantitative estimate of drug-likeness (QED) is 0.739. The van der Waals surface area contributed by atoms with Gasteiger partial charge < -0.3 is 10.6 Å². The molecule has 1 amide bonds. The summed E-state index contributed by atoms with van der Waals surface area (Å²) in [6, 6.07) is 5.76. The van der Waals surface area contributed by atoms with Gasteiger partial charge in [0, 0.05) is 11.8 Å². The highest BCUT2D eigenvalue weighted by atomic mass is 16.1. The minimum Gasteiger partial charge on any atom is -0.324 e. The number of carbonyl (C=O) groups excluding carboxylic acids is 1. The van der Waals surface area contributed by atoms with Gasteiger partial charge in [0.05, 0.1) is 17.4 Å². The summed E-state index contributed by atoms with van der Waals surface area (Å²) >= 11 is 0. The molecule has 3 N–H and O–H groups in total. The van der Waals surface area contributed by atoms with Gasteiger partial charge in [0.25, 0.3) is 0 Å². The molecule has 0 unspecified atom stereocenters. The fraction of sp³-hybridized carbons (Fsp3) is 0.333. The number of fused-ring (bicyclic) bond motifs is 1. The SMILES string of the molecule is O=C(CC1CNC1)Nc1cccc2cn[nH]c12. The average Bonchev–Trinajstić information content (AvgIpc) is 2.73. The van der Waals surface area contributed by atoms with Gasteiger partial charge in [-0.1, -0.05) is 12.1 Å². The van der Waals surface area contributed by atoms with Crippen molar-refractivity contribution in [1.82, 2.24) is 15.5 Å². The van der Waals surface area contributed by atoms with Crippen LogP contribution in [0.3, 0.4) is 0 Å². The predicted octanol–water partition coefficient (Wildman–Crippen LogP) is 1.11. The Morgan fingerprint density at radius 3 is 3.12 bits per heavy atom. The number of rotatable bonds is 3. The Morgan fingerprint density at radius 2 is 2.35 bits per heavy atom. The van der Waals surface area contributed by atoms with Crippen molar-refractivity contribution in [3.05, 3.63) is 24.4 Å². The molecule has 0 atom stereocenters. The molecule has 5 heteroatoms. The first-order valence-corrected chi connectivity index (χ1v) is 5.75. The van der Waals surface area contributed by atoms with Gasteiger partial charge in [-0.2, -0.15) is 5.10 Å². The Kier molecular flexibility index (Phi) is 2.53. The van der Waals surface area contributed by atoms with E-state index in [2.05, 4.69) is 20.8 Å². The smallest absolute Gasteiger partial charge is 0.224 e. The molecule has 1 aliphatic rings. The van der Waals surface area contributed by atoms with Gasteiger partial charge in [-0.05, 0) is 25.1 Å². The van der Waals surface area contributed by atoms with E-state index in [1.165, 1.54) is 0 Å². The van der Waals surface area contributed by atoms with E-state index in [9.17, 15) is 4.79 Å². The standard InChI is InChI=1S/C12H14N4O/c17-11(4-8-5-13-6-8)15-10-3-1-2-9-7-14-16-12(9)10/h1-3,7-8,13H,4-6H2,(H,14,16)(H,15,17). The van der Waals surface area contributed by atoms with Gasteiger partial charge in [-0.25, -0.2) is 0 Å². The first kappa shape index (κ1) is 10.3. The van der Waals surface area contributed by atoms with E-state index >= 15 is 0 Å². The van der Waals surface area contributed by atoms with E-state index in [1.54, 1.807) is 6.20 Å². The van der Waals surface area contributed by atoms with Crippen LogP contribution in [-0.2, 0) is 4.79 Å². The number of carbonyl (C=O) groups is 1. The first-order chi connectivity index (χ1) is 8.33. The van der Waals surface area contributed by atoms with Crippen molar-refractivity contribution in [2.45, 2.75) is 6.42 Å². The number of anilines is 1. The van der Waals surface area contributed by atoms with Crippen molar-refractivity contribution < 1.29 is 4.79 Å². The van der Waals surface area contributed by atoms with Crippen LogP contribution in [0.2, 0.25) is 0 Å². The number of nitrogens with zero attached hydrogens (tertiary/aromatic N) is 1. The molecule has 5 nitrogen and oxygen atoms in total. The average molecular weight is 230 g/mol. The fourth-order valence-corrected chi connectivity index (χ4v) is 2.03. The van der Waals surface area contributed by atoms with E-state index in [1.807, 2.05) is 18.2 Å². The van der Waals surface area contributed by atoms with Crippen LogP contribution >= 0.6 is 0 Å². The molecule has 0 aliphatic carbocycles. The van der Waals surface area contributed by atoms with Crippen molar-refractivity contribution >= 4 is 22.5 Å². The Bertz CT molecular complexity index is 544. The number of hydrogen-bond donors (Lipinski definition) is 3. The van der Waals surface area contributed by atoms with Gasteiger partial charge in [0.2, 0.25) is 5.91 Å². The fourth-order valence-electron chi connectivity index (χ4n) is 2.03. The first-order valence-electron chi connectivity index (χ1n) is 5.75. The second-order valence-corrected chi connectivity index (χ2v) is 4.42. The van der Waals surface area contributed by atoms with Crippen molar-refractivity contribution in [3.63, 3.8) is 0 Å². The number of benzene rings is 1. The number of hydrogen-bond acceptors (Lipinski definition) is 3. The third-order valence-electron chi connectivity index (χ3n) is 3.09. The number of aromatic amines is 1. The Labute approximate surface area is 98.6 Å². The van der Waals surface area contributed by atoms with E-state index in [-0.39, 0.29) is 5.91 Å². The summed E-state index contributed by atoms with van der Waals surface area (Å²) in [5.41, 5.74) is 1.69. The summed E-state index contributed by atoms with van der Waals surface area (Å²) in [6.07, 6.45) is 2.33. The summed E-state index contributed by atoms with van der Waals surface area (Å²) in [6.45, 7) is 1.89. The summed E-state index contributed by atoms with van der Waals surface area (Å²) in [5, 5.41) is 14.0. The van der Waals surface area contributed by atoms with E-state index < -0.39 is 0 Å². The second-order valence-electron chi connectivity index (χ2n) is 4.42. The zero-order chi connectivity index (χ0) is 11.7. The lowest BCUT2D eigenvalue weighted by atomic mass is 9.99. The van der Waals surface area contributed by atoms with Gasteiger partial charge in [-0.3, -0.25) is 9.89 Å². The van der Waals surface area contributed by atoms with Crippen molar-refractivity contribution in [3.8, 4) is 0 Å². The molecule has 1 aromatic carbocycles. The molecule has 1 aromatic heterocycles. The summed E-state index contributed by atoms with van der Waals surface area (Å²) in [7, 11) is 0. The molecule has 17 heavy (non-hydrogen) atoms. The van der Waals surface area contributed by atoms with Crippen molar-refractivity contribution in [2.75, 3.05) is 18.4 Å². The van der Waals surface area contributed by atoms with Crippen LogP contribution in [0.5, 0.6) is 0 Å². The van der Waals surface area contributed by atoms with Crippen LogP contribution in [-0.4, -0.2) is 29.2 Å². The maximum Gasteiger partial charge on any atom is 0.224 e. The molecule has 1 saturated heterocycles. The van der Waals surface area contributed by atoms with Crippen molar-refractivity contribution in [1.29, 1.82) is 0 Å². The van der Waals surface area contributed by atoms with Crippen LogP contribution in [0, 0.1) is 5.92 Å². The van der Waals surface area contributed by atoms with Crippen LogP contribution in [0.15, 0.2) is 24.4 Å². The van der Waals surface area contributed by atoms with Gasteiger partial charge in [-0.15, -0.1) is 0 Å². The topological polar surface area (TPSA) is 69.8 Å². The molecule has 2 heterocycles. The minimum absolute atomic E-state index is 0.0681.